The molecule has 0 unspecified atom stereocenters. The number of piperidine rings is 1. The van der Waals surface area contributed by atoms with Crippen molar-refractivity contribution in [2.75, 3.05) is 19.7 Å². The van der Waals surface area contributed by atoms with Gasteiger partial charge in [0.1, 0.15) is 11.6 Å². The van der Waals surface area contributed by atoms with E-state index in [1.807, 2.05) is 4.90 Å². The number of halogens is 3. The van der Waals surface area contributed by atoms with Gasteiger partial charge in [-0.3, -0.25) is 4.90 Å². The minimum absolute atomic E-state index is 0.122. The summed E-state index contributed by atoms with van der Waals surface area (Å²) in [6.45, 7) is -1.84. The number of rotatable bonds is 7. The lowest BCUT2D eigenvalue weighted by atomic mass is 9.73. The Morgan fingerprint density at radius 3 is 2.54 bits per heavy atom. The van der Waals surface area contributed by atoms with Crippen molar-refractivity contribution in [1.29, 1.82) is 0 Å². The maximum atomic E-state index is 13.2. The first-order valence-electron chi connectivity index (χ1n) is 9.20. The molecule has 2 aromatic rings. The molecule has 0 aromatic heterocycles. The lowest BCUT2D eigenvalue weighted by Gasteiger charge is -2.45. The van der Waals surface area contributed by atoms with Gasteiger partial charge in [0.15, 0.2) is 0 Å². The molecule has 1 aliphatic rings. The van der Waals surface area contributed by atoms with Crippen molar-refractivity contribution in [2.24, 2.45) is 5.41 Å². The second-order valence-corrected chi connectivity index (χ2v) is 7.33. The predicted octanol–water partition coefficient (Wildman–Crippen LogP) is 3.22. The van der Waals surface area contributed by atoms with Crippen LogP contribution in [0.2, 0.25) is 0 Å². The number of ether oxygens (including phenoxy) is 1. The molecule has 4 nitrogen and oxygen atoms in total. The molecule has 0 bridgehead atoms. The number of aliphatic hydroxyl groups is 2. The van der Waals surface area contributed by atoms with E-state index in [1.165, 1.54) is 18.2 Å². The summed E-state index contributed by atoms with van der Waals surface area (Å²) in [6.07, 6.45) is 0.113. The molecule has 0 amide bonds. The Kier molecular flexibility index (Phi) is 6.59. The number of nitrogens with zero attached hydrogens (tertiary/aromatic N) is 1. The van der Waals surface area contributed by atoms with E-state index >= 15 is 0 Å². The van der Waals surface area contributed by atoms with Crippen LogP contribution in [0.4, 0.5) is 13.2 Å². The average molecular weight is 395 g/mol. The number of aliphatic hydroxyl groups excluding tert-OH is 2. The zero-order chi connectivity index (χ0) is 20.1. The van der Waals surface area contributed by atoms with Gasteiger partial charge in [-0.05, 0) is 36.6 Å². The van der Waals surface area contributed by atoms with Crippen molar-refractivity contribution in [1.82, 2.24) is 4.90 Å². The Labute approximate surface area is 162 Å². The van der Waals surface area contributed by atoms with Crippen molar-refractivity contribution in [3.63, 3.8) is 0 Å². The van der Waals surface area contributed by atoms with Crippen LogP contribution in [0.3, 0.4) is 0 Å². The molecule has 152 valence electrons. The molecule has 28 heavy (non-hydrogen) atoms. The van der Waals surface area contributed by atoms with Crippen molar-refractivity contribution in [3.8, 4) is 5.75 Å². The van der Waals surface area contributed by atoms with Crippen molar-refractivity contribution < 1.29 is 28.1 Å². The first kappa shape index (κ1) is 20.6. The third-order valence-electron chi connectivity index (χ3n) is 5.33. The third-order valence-corrected chi connectivity index (χ3v) is 5.33. The van der Waals surface area contributed by atoms with E-state index in [4.69, 9.17) is 0 Å². The number of alkyl halides is 2. The zero-order valence-corrected chi connectivity index (χ0v) is 15.4. The molecule has 0 aliphatic carbocycles. The first-order chi connectivity index (χ1) is 13.4. The minimum Gasteiger partial charge on any atom is -0.434 e. The van der Waals surface area contributed by atoms with Crippen LogP contribution >= 0.6 is 0 Å². The van der Waals surface area contributed by atoms with Gasteiger partial charge in [-0.2, -0.15) is 8.78 Å². The molecule has 1 aliphatic heterocycles. The highest BCUT2D eigenvalue weighted by atomic mass is 19.3. The van der Waals surface area contributed by atoms with Crippen LogP contribution in [-0.2, 0) is 13.0 Å². The molecule has 0 radical (unpaired) electrons. The smallest absolute Gasteiger partial charge is 0.387 e. The maximum Gasteiger partial charge on any atom is 0.387 e. The highest BCUT2D eigenvalue weighted by Gasteiger charge is 2.42. The standard InChI is InChI=1S/C21H24F3NO3/c22-17-7-5-15(6-8-17)11-21(14-26)13-25(10-9-19(21)27)12-16-3-1-2-4-18(16)28-20(23)24/h1-8,19-20,26-27H,9-14H2/t19-,21-/m0/s1. The molecular weight excluding hydrogens is 371 g/mol. The number of hydrogen-bond acceptors (Lipinski definition) is 4. The number of hydrogen-bond donors (Lipinski definition) is 2. The van der Waals surface area contributed by atoms with E-state index < -0.39 is 18.1 Å². The van der Waals surface area contributed by atoms with Crippen LogP contribution in [0, 0.1) is 11.2 Å². The Morgan fingerprint density at radius 2 is 1.86 bits per heavy atom. The lowest BCUT2D eigenvalue weighted by Crippen LogP contribution is -2.54. The summed E-state index contributed by atoms with van der Waals surface area (Å²) in [4.78, 5) is 2.01. The fraction of sp³-hybridized carbons (Fsp3) is 0.429. The molecule has 2 aromatic carbocycles. The van der Waals surface area contributed by atoms with Gasteiger partial charge in [0.25, 0.3) is 0 Å². The fourth-order valence-electron chi connectivity index (χ4n) is 3.86. The normalized spacial score (nSPS) is 23.1. The number of benzene rings is 2. The van der Waals surface area contributed by atoms with E-state index in [-0.39, 0.29) is 18.2 Å². The van der Waals surface area contributed by atoms with Gasteiger partial charge in [-0.1, -0.05) is 30.3 Å². The second-order valence-electron chi connectivity index (χ2n) is 7.33. The van der Waals surface area contributed by atoms with Crippen molar-refractivity contribution >= 4 is 0 Å². The van der Waals surface area contributed by atoms with E-state index in [2.05, 4.69) is 4.74 Å². The third kappa shape index (κ3) is 4.84. The average Bonchev–Trinajstić information content (AvgIpc) is 2.67. The molecular formula is C21H24F3NO3. The molecule has 0 spiro atoms. The minimum atomic E-state index is -2.90. The van der Waals surface area contributed by atoms with Crippen molar-refractivity contribution in [2.45, 2.75) is 32.1 Å². The molecule has 1 heterocycles. The van der Waals surface area contributed by atoms with Crippen LogP contribution in [0.1, 0.15) is 17.5 Å². The summed E-state index contributed by atoms with van der Waals surface area (Å²) < 4.78 is 43.1. The van der Waals surface area contributed by atoms with Crippen LogP contribution in [0.15, 0.2) is 48.5 Å². The van der Waals surface area contributed by atoms with Gasteiger partial charge < -0.3 is 14.9 Å². The van der Waals surface area contributed by atoms with Crippen LogP contribution in [0.25, 0.3) is 0 Å². The number of para-hydroxylation sites is 1. The Bertz CT molecular complexity index is 772. The molecule has 7 heteroatoms. The van der Waals surface area contributed by atoms with Gasteiger partial charge in [-0.15, -0.1) is 0 Å². The fourth-order valence-corrected chi connectivity index (χ4v) is 3.86. The zero-order valence-electron chi connectivity index (χ0n) is 15.4. The molecule has 1 fully saturated rings. The van der Waals surface area contributed by atoms with E-state index in [0.717, 1.165) is 5.56 Å². The Balaban J connectivity index is 1.77. The maximum absolute atomic E-state index is 13.2. The predicted molar refractivity (Wildman–Crippen MR) is 98.6 cm³/mol. The summed E-state index contributed by atoms with van der Waals surface area (Å²) >= 11 is 0. The molecule has 2 N–H and O–H groups in total. The molecule has 0 saturated carbocycles. The number of likely N-dealkylation sites (tertiary alicyclic amines) is 1. The summed E-state index contributed by atoms with van der Waals surface area (Å²) in [5, 5.41) is 20.7. The summed E-state index contributed by atoms with van der Waals surface area (Å²) in [5.41, 5.74) is 0.625. The second kappa shape index (κ2) is 8.94. The largest absolute Gasteiger partial charge is 0.434 e. The summed E-state index contributed by atoms with van der Waals surface area (Å²) in [5.74, 6) is -0.222. The first-order valence-corrected chi connectivity index (χ1v) is 9.20. The van der Waals surface area contributed by atoms with Crippen LogP contribution in [0.5, 0.6) is 5.75 Å². The van der Waals surface area contributed by atoms with Gasteiger partial charge in [-0.25, -0.2) is 4.39 Å². The Hall–Kier alpha value is -2.09. The topological polar surface area (TPSA) is 52.9 Å². The van der Waals surface area contributed by atoms with Crippen LogP contribution < -0.4 is 4.74 Å². The van der Waals surface area contributed by atoms with Gasteiger partial charge in [0.05, 0.1) is 12.7 Å². The quantitative estimate of drug-likeness (QED) is 0.756. The lowest BCUT2D eigenvalue weighted by molar-refractivity contribution is -0.0777. The van der Waals surface area contributed by atoms with E-state index in [0.29, 0.717) is 38.0 Å². The monoisotopic (exact) mass is 395 g/mol. The molecule has 2 atom stereocenters. The van der Waals surface area contributed by atoms with Crippen LogP contribution in [-0.4, -0.2) is 47.5 Å². The highest BCUT2D eigenvalue weighted by molar-refractivity contribution is 5.33. The van der Waals surface area contributed by atoms with E-state index in [1.54, 1.807) is 30.3 Å². The molecule has 1 saturated heterocycles. The van der Waals surface area contributed by atoms with Crippen molar-refractivity contribution in [3.05, 3.63) is 65.5 Å². The summed E-state index contributed by atoms with van der Waals surface area (Å²) in [6, 6.07) is 12.6. The van der Waals surface area contributed by atoms with E-state index in [9.17, 15) is 23.4 Å². The van der Waals surface area contributed by atoms with Gasteiger partial charge in [0, 0.05) is 30.6 Å². The highest BCUT2D eigenvalue weighted by Crippen LogP contribution is 2.35. The van der Waals surface area contributed by atoms with Gasteiger partial charge >= 0.3 is 6.61 Å². The van der Waals surface area contributed by atoms with Gasteiger partial charge in [0.2, 0.25) is 0 Å². The Morgan fingerprint density at radius 1 is 1.14 bits per heavy atom. The molecule has 3 rings (SSSR count). The summed E-state index contributed by atoms with van der Waals surface area (Å²) in [7, 11) is 0. The SMILES string of the molecule is OC[C@]1(Cc2ccc(F)cc2)CN(Cc2ccccc2OC(F)F)CC[C@@H]1O.